The van der Waals surface area contributed by atoms with Crippen molar-refractivity contribution in [1.29, 1.82) is 0 Å². The Labute approximate surface area is 72.0 Å². The second kappa shape index (κ2) is 4.42. The van der Waals surface area contributed by atoms with Crippen LogP contribution in [0.5, 0.6) is 0 Å². The first kappa shape index (κ1) is 11.4. The molecule has 6 heteroatoms. The fraction of sp³-hybridized carbons (Fsp3) is 0.833. The van der Waals surface area contributed by atoms with E-state index in [4.69, 9.17) is 0 Å². The van der Waals surface area contributed by atoms with Crippen molar-refractivity contribution < 1.29 is 18.0 Å². The predicted molar refractivity (Wildman–Crippen MR) is 44.1 cm³/mol. The van der Waals surface area contributed by atoms with Crippen LogP contribution in [0.25, 0.3) is 0 Å². The van der Waals surface area contributed by atoms with Crippen LogP contribution in [0.3, 0.4) is 0 Å². The van der Waals surface area contributed by atoms with Gasteiger partial charge in [0.2, 0.25) is 0 Å². The van der Waals surface area contributed by atoms with Gasteiger partial charge in [0.05, 0.1) is 6.61 Å². The number of hydrogen-bond acceptors (Lipinski definition) is 4. The average Bonchev–Trinajstić information content (AvgIpc) is 1.97. The standard InChI is InChI=1S/C6H13NO4S/c1-4-11-7-6(8)5(2)12(3,9)10/h5H,4H2,1-3H3,(H,7,8). The van der Waals surface area contributed by atoms with E-state index in [-0.39, 0.29) is 0 Å². The van der Waals surface area contributed by atoms with Crippen molar-refractivity contribution in [3.63, 3.8) is 0 Å². The van der Waals surface area contributed by atoms with Crippen LogP contribution >= 0.6 is 0 Å². The van der Waals surface area contributed by atoms with E-state index in [9.17, 15) is 13.2 Å². The minimum absolute atomic E-state index is 0.308. The van der Waals surface area contributed by atoms with Crippen LogP contribution in [-0.4, -0.2) is 32.4 Å². The Morgan fingerprint density at radius 1 is 1.58 bits per heavy atom. The van der Waals surface area contributed by atoms with Gasteiger partial charge in [-0.1, -0.05) is 0 Å². The Kier molecular flexibility index (Phi) is 4.19. The molecular formula is C6H13NO4S. The summed E-state index contributed by atoms with van der Waals surface area (Å²) in [6, 6.07) is 0. The maximum Gasteiger partial charge on any atom is 0.261 e. The first-order valence-electron chi connectivity index (χ1n) is 3.50. The third kappa shape index (κ3) is 3.68. The van der Waals surface area contributed by atoms with Gasteiger partial charge in [0.25, 0.3) is 5.91 Å². The van der Waals surface area contributed by atoms with E-state index in [1.165, 1.54) is 6.92 Å². The van der Waals surface area contributed by atoms with Crippen LogP contribution in [-0.2, 0) is 19.5 Å². The number of nitrogens with one attached hydrogen (secondary N) is 1. The van der Waals surface area contributed by atoms with Gasteiger partial charge in [0.1, 0.15) is 5.25 Å². The topological polar surface area (TPSA) is 72.5 Å². The van der Waals surface area contributed by atoms with Crippen molar-refractivity contribution >= 4 is 15.7 Å². The maximum atomic E-state index is 10.9. The first-order chi connectivity index (χ1) is 5.39. The minimum atomic E-state index is -3.32. The number of carbonyl (C=O) groups excluding carboxylic acids is 1. The molecular weight excluding hydrogens is 182 g/mol. The molecule has 0 aromatic rings. The summed E-state index contributed by atoms with van der Waals surface area (Å²) in [5.41, 5.74) is 2.02. The molecule has 0 radical (unpaired) electrons. The molecule has 1 atom stereocenters. The molecule has 1 amide bonds. The van der Waals surface area contributed by atoms with Gasteiger partial charge in [-0.2, -0.15) is 0 Å². The molecule has 5 nitrogen and oxygen atoms in total. The van der Waals surface area contributed by atoms with Crippen LogP contribution in [0, 0.1) is 0 Å². The van der Waals surface area contributed by atoms with Gasteiger partial charge < -0.3 is 0 Å². The van der Waals surface area contributed by atoms with Crippen molar-refractivity contribution in [1.82, 2.24) is 5.48 Å². The summed E-state index contributed by atoms with van der Waals surface area (Å²) in [6.07, 6.45) is 1.00. The van der Waals surface area contributed by atoms with E-state index < -0.39 is 21.0 Å². The SMILES string of the molecule is CCONC(=O)C(C)S(C)(=O)=O. The zero-order valence-electron chi connectivity index (χ0n) is 7.33. The lowest BCUT2D eigenvalue weighted by atomic mass is 10.5. The Hall–Kier alpha value is -0.620. The quantitative estimate of drug-likeness (QED) is 0.613. The number of carbonyl (C=O) groups is 1. The maximum absolute atomic E-state index is 10.9. The second-order valence-corrected chi connectivity index (χ2v) is 4.74. The van der Waals surface area contributed by atoms with E-state index in [1.807, 2.05) is 5.48 Å². The van der Waals surface area contributed by atoms with Gasteiger partial charge >= 0.3 is 0 Å². The van der Waals surface area contributed by atoms with Crippen molar-refractivity contribution in [3.8, 4) is 0 Å². The van der Waals surface area contributed by atoms with Crippen LogP contribution < -0.4 is 5.48 Å². The molecule has 0 aromatic carbocycles. The van der Waals surface area contributed by atoms with Gasteiger partial charge in [0, 0.05) is 6.26 Å². The normalized spacial score (nSPS) is 13.9. The third-order valence-electron chi connectivity index (χ3n) is 1.33. The molecule has 0 aliphatic rings. The summed E-state index contributed by atoms with van der Waals surface area (Å²) < 4.78 is 21.6. The smallest absolute Gasteiger partial charge is 0.261 e. The number of amides is 1. The van der Waals surface area contributed by atoms with Gasteiger partial charge in [0.15, 0.2) is 9.84 Å². The average molecular weight is 195 g/mol. The van der Waals surface area contributed by atoms with Crippen LogP contribution in [0.15, 0.2) is 0 Å². The molecule has 0 aliphatic heterocycles. The van der Waals surface area contributed by atoms with Crippen LogP contribution in [0.4, 0.5) is 0 Å². The number of hydroxylamine groups is 1. The summed E-state index contributed by atoms with van der Waals surface area (Å²) in [6.45, 7) is 3.30. The molecule has 0 spiro atoms. The van der Waals surface area contributed by atoms with Gasteiger partial charge in [-0.3, -0.25) is 9.63 Å². The third-order valence-corrected chi connectivity index (χ3v) is 2.83. The highest BCUT2D eigenvalue weighted by atomic mass is 32.2. The van der Waals surface area contributed by atoms with E-state index >= 15 is 0 Å². The molecule has 0 aliphatic carbocycles. The molecule has 0 heterocycles. The van der Waals surface area contributed by atoms with Crippen LogP contribution in [0.1, 0.15) is 13.8 Å². The highest BCUT2D eigenvalue weighted by molar-refractivity contribution is 7.92. The van der Waals surface area contributed by atoms with Crippen molar-refractivity contribution in [2.45, 2.75) is 19.1 Å². The largest absolute Gasteiger partial charge is 0.274 e. The molecule has 1 unspecified atom stereocenters. The van der Waals surface area contributed by atoms with Crippen molar-refractivity contribution in [2.75, 3.05) is 12.9 Å². The lowest BCUT2D eigenvalue weighted by Crippen LogP contribution is -2.37. The molecule has 0 rings (SSSR count). The fourth-order valence-electron chi connectivity index (χ4n) is 0.421. The summed E-state index contributed by atoms with van der Waals surface area (Å²) in [5, 5.41) is -1.07. The Morgan fingerprint density at radius 2 is 2.08 bits per heavy atom. The number of hydrogen-bond donors (Lipinski definition) is 1. The monoisotopic (exact) mass is 195 g/mol. The van der Waals surface area contributed by atoms with Crippen LogP contribution in [0.2, 0.25) is 0 Å². The lowest BCUT2D eigenvalue weighted by Gasteiger charge is -2.08. The number of sulfone groups is 1. The summed E-state index contributed by atoms with van der Waals surface area (Å²) in [7, 11) is -3.32. The van der Waals surface area contributed by atoms with Crippen molar-refractivity contribution in [3.05, 3.63) is 0 Å². The Bertz CT molecular complexity index is 246. The molecule has 12 heavy (non-hydrogen) atoms. The molecule has 0 fully saturated rings. The molecule has 0 bridgehead atoms. The second-order valence-electron chi connectivity index (χ2n) is 2.37. The van der Waals surface area contributed by atoms with Gasteiger partial charge in [-0.25, -0.2) is 13.9 Å². The van der Waals surface area contributed by atoms with E-state index in [0.29, 0.717) is 6.61 Å². The van der Waals surface area contributed by atoms with E-state index in [2.05, 4.69) is 4.84 Å². The summed E-state index contributed by atoms with van der Waals surface area (Å²) >= 11 is 0. The van der Waals surface area contributed by atoms with Gasteiger partial charge in [-0.15, -0.1) is 0 Å². The first-order valence-corrected chi connectivity index (χ1v) is 5.45. The Morgan fingerprint density at radius 3 is 2.42 bits per heavy atom. The molecule has 0 saturated carbocycles. The number of rotatable bonds is 4. The predicted octanol–water partition coefficient (Wildman–Crippen LogP) is -0.513. The minimum Gasteiger partial charge on any atom is -0.274 e. The van der Waals surface area contributed by atoms with Gasteiger partial charge in [-0.05, 0) is 13.8 Å². The highest BCUT2D eigenvalue weighted by Gasteiger charge is 2.23. The van der Waals surface area contributed by atoms with E-state index in [0.717, 1.165) is 6.26 Å². The summed E-state index contributed by atoms with van der Waals surface area (Å²) in [4.78, 5) is 15.5. The van der Waals surface area contributed by atoms with Crippen molar-refractivity contribution in [2.24, 2.45) is 0 Å². The molecule has 72 valence electrons. The zero-order chi connectivity index (χ0) is 9.78. The molecule has 0 saturated heterocycles. The summed E-state index contributed by atoms with van der Waals surface area (Å²) in [5.74, 6) is -0.639. The zero-order valence-corrected chi connectivity index (χ0v) is 8.14. The Balaban J connectivity index is 4.12. The fourth-order valence-corrected chi connectivity index (χ4v) is 0.858. The highest BCUT2D eigenvalue weighted by Crippen LogP contribution is 1.96. The van der Waals surface area contributed by atoms with E-state index in [1.54, 1.807) is 6.92 Å². The lowest BCUT2D eigenvalue weighted by molar-refractivity contribution is -0.132. The molecule has 1 N–H and O–H groups in total. The molecule has 0 aromatic heterocycles.